The highest BCUT2D eigenvalue weighted by atomic mass is 19.4. The summed E-state index contributed by atoms with van der Waals surface area (Å²) < 4.78 is 41.5. The van der Waals surface area contributed by atoms with Crippen LogP contribution < -0.4 is 4.90 Å². The third-order valence-corrected chi connectivity index (χ3v) is 5.40. The summed E-state index contributed by atoms with van der Waals surface area (Å²) in [7, 11) is 1.46. The van der Waals surface area contributed by atoms with Crippen LogP contribution in [0.2, 0.25) is 0 Å². The van der Waals surface area contributed by atoms with E-state index < -0.39 is 23.2 Å². The van der Waals surface area contributed by atoms with Crippen molar-refractivity contribution >= 4 is 11.6 Å². The molecule has 1 unspecified atom stereocenters. The van der Waals surface area contributed by atoms with Gasteiger partial charge in [0.25, 0.3) is 5.91 Å². The van der Waals surface area contributed by atoms with Crippen LogP contribution in [-0.2, 0) is 18.6 Å². The molecule has 6 heteroatoms. The van der Waals surface area contributed by atoms with E-state index in [0.717, 1.165) is 23.7 Å². The lowest BCUT2D eigenvalue weighted by molar-refractivity contribution is -0.137. The average molecular weight is 388 g/mol. The lowest BCUT2D eigenvalue weighted by Gasteiger charge is -2.26. The molecule has 0 fully saturated rings. The standard InChI is InChI=1S/C22H23F3N2O/c1-6-10-27(20(28)15-12-26(5)13-17(15)22(23,24)25)18-9-7-8-16-19(18)14(2)11-21(16,3)4/h1,7-9,12-14H,10-11H2,2-5H3. The van der Waals surface area contributed by atoms with E-state index in [4.69, 9.17) is 6.42 Å². The van der Waals surface area contributed by atoms with Crippen molar-refractivity contribution in [3.8, 4) is 12.3 Å². The molecule has 0 saturated heterocycles. The predicted molar refractivity (Wildman–Crippen MR) is 103 cm³/mol. The maximum atomic E-state index is 13.4. The van der Waals surface area contributed by atoms with Gasteiger partial charge in [0, 0.05) is 25.1 Å². The summed E-state index contributed by atoms with van der Waals surface area (Å²) >= 11 is 0. The Morgan fingerprint density at radius 2 is 2.04 bits per heavy atom. The molecule has 1 heterocycles. The number of hydrogen-bond acceptors (Lipinski definition) is 1. The van der Waals surface area contributed by atoms with Crippen LogP contribution in [0.3, 0.4) is 0 Å². The number of amides is 1. The fourth-order valence-electron chi connectivity index (χ4n) is 4.36. The largest absolute Gasteiger partial charge is 0.418 e. The van der Waals surface area contributed by atoms with Gasteiger partial charge in [-0.05, 0) is 34.9 Å². The lowest BCUT2D eigenvalue weighted by Crippen LogP contribution is -2.33. The van der Waals surface area contributed by atoms with Crippen LogP contribution in [0.4, 0.5) is 18.9 Å². The van der Waals surface area contributed by atoms with Gasteiger partial charge in [-0.1, -0.05) is 38.8 Å². The Bertz CT molecular complexity index is 963. The number of nitrogens with zero attached hydrogens (tertiary/aromatic N) is 2. The van der Waals surface area contributed by atoms with Gasteiger partial charge in [-0.25, -0.2) is 0 Å². The van der Waals surface area contributed by atoms with Gasteiger partial charge in [0.15, 0.2) is 0 Å². The first-order valence-corrected chi connectivity index (χ1v) is 9.09. The zero-order chi connectivity index (χ0) is 20.9. The van der Waals surface area contributed by atoms with Crippen molar-refractivity contribution in [1.29, 1.82) is 0 Å². The molecular formula is C22H23F3N2O. The number of benzene rings is 1. The van der Waals surface area contributed by atoms with Gasteiger partial charge in [0.05, 0.1) is 17.7 Å². The van der Waals surface area contributed by atoms with Gasteiger partial charge in [-0.15, -0.1) is 6.42 Å². The highest BCUT2D eigenvalue weighted by molar-refractivity contribution is 6.08. The summed E-state index contributed by atoms with van der Waals surface area (Å²) in [5.74, 6) is 1.86. The molecule has 0 radical (unpaired) electrons. The zero-order valence-electron chi connectivity index (χ0n) is 16.4. The number of hydrogen-bond donors (Lipinski definition) is 0. The maximum absolute atomic E-state index is 13.4. The first kappa shape index (κ1) is 20.1. The van der Waals surface area contributed by atoms with Crippen molar-refractivity contribution in [2.75, 3.05) is 11.4 Å². The quantitative estimate of drug-likeness (QED) is 0.671. The Morgan fingerprint density at radius 3 is 2.64 bits per heavy atom. The predicted octanol–water partition coefficient (Wildman–Crippen LogP) is 5.11. The molecule has 1 amide bonds. The van der Waals surface area contributed by atoms with Gasteiger partial charge in [0.2, 0.25) is 0 Å². The van der Waals surface area contributed by atoms with E-state index in [1.54, 1.807) is 6.07 Å². The van der Waals surface area contributed by atoms with Crippen molar-refractivity contribution in [2.24, 2.45) is 7.05 Å². The SMILES string of the molecule is C#CCN(C(=O)c1cn(C)cc1C(F)(F)F)c1cccc2c1C(C)CC2(C)C. The van der Waals surface area contributed by atoms with E-state index >= 15 is 0 Å². The third-order valence-electron chi connectivity index (χ3n) is 5.40. The van der Waals surface area contributed by atoms with Crippen LogP contribution in [0.5, 0.6) is 0 Å². The van der Waals surface area contributed by atoms with Crippen molar-refractivity contribution in [2.45, 2.75) is 44.7 Å². The summed E-state index contributed by atoms with van der Waals surface area (Å²) in [6.07, 6.45) is 3.87. The number of carbonyl (C=O) groups is 1. The second-order valence-corrected chi connectivity index (χ2v) is 8.07. The number of aryl methyl sites for hydroxylation is 1. The Kier molecular flexibility index (Phi) is 4.82. The van der Waals surface area contributed by atoms with Crippen molar-refractivity contribution in [1.82, 2.24) is 4.57 Å². The summed E-state index contributed by atoms with van der Waals surface area (Å²) in [5.41, 5.74) is 1.27. The van der Waals surface area contributed by atoms with E-state index in [9.17, 15) is 18.0 Å². The molecular weight excluding hydrogens is 365 g/mol. The monoisotopic (exact) mass is 388 g/mol. The fourth-order valence-corrected chi connectivity index (χ4v) is 4.36. The smallest absolute Gasteiger partial charge is 0.356 e. The molecule has 2 aromatic rings. The number of fused-ring (bicyclic) bond motifs is 1. The molecule has 1 aromatic carbocycles. The number of halogens is 3. The first-order valence-electron chi connectivity index (χ1n) is 9.09. The van der Waals surface area contributed by atoms with Gasteiger partial charge < -0.3 is 4.57 Å². The van der Waals surface area contributed by atoms with Crippen LogP contribution in [-0.4, -0.2) is 17.0 Å². The summed E-state index contributed by atoms with van der Waals surface area (Å²) in [5, 5.41) is 0. The highest BCUT2D eigenvalue weighted by Gasteiger charge is 2.40. The molecule has 1 aromatic heterocycles. The average Bonchev–Trinajstić information content (AvgIpc) is 3.10. The molecule has 3 nitrogen and oxygen atoms in total. The van der Waals surface area contributed by atoms with Crippen molar-refractivity contribution in [3.63, 3.8) is 0 Å². The van der Waals surface area contributed by atoms with E-state index in [2.05, 4.69) is 26.7 Å². The van der Waals surface area contributed by atoms with Gasteiger partial charge in [-0.2, -0.15) is 13.2 Å². The van der Waals surface area contributed by atoms with Gasteiger partial charge >= 0.3 is 6.18 Å². The fraction of sp³-hybridized carbons (Fsp3) is 0.409. The minimum absolute atomic E-state index is 0.0699. The summed E-state index contributed by atoms with van der Waals surface area (Å²) in [4.78, 5) is 14.5. The normalized spacial score (nSPS) is 17.9. The highest BCUT2D eigenvalue weighted by Crippen LogP contribution is 2.49. The number of alkyl halides is 3. The molecule has 0 N–H and O–H groups in total. The van der Waals surface area contributed by atoms with Crippen molar-refractivity contribution in [3.05, 3.63) is 52.8 Å². The number of rotatable bonds is 3. The van der Waals surface area contributed by atoms with Gasteiger partial charge in [0.1, 0.15) is 0 Å². The molecule has 0 saturated carbocycles. The number of carbonyl (C=O) groups excluding carboxylic acids is 1. The summed E-state index contributed by atoms with van der Waals surface area (Å²) in [6, 6.07) is 5.62. The molecule has 148 valence electrons. The van der Waals surface area contributed by atoms with E-state index in [-0.39, 0.29) is 17.9 Å². The number of terminal acetylenes is 1. The topological polar surface area (TPSA) is 25.2 Å². The minimum Gasteiger partial charge on any atom is -0.356 e. The lowest BCUT2D eigenvalue weighted by atomic mass is 9.86. The van der Waals surface area contributed by atoms with E-state index in [0.29, 0.717) is 5.69 Å². The molecule has 3 rings (SSSR count). The molecule has 1 atom stereocenters. The molecule has 28 heavy (non-hydrogen) atoms. The van der Waals surface area contributed by atoms with Crippen LogP contribution in [0.1, 0.15) is 60.2 Å². The van der Waals surface area contributed by atoms with E-state index in [1.807, 2.05) is 12.1 Å². The Labute approximate surface area is 163 Å². The van der Waals surface area contributed by atoms with Crippen LogP contribution >= 0.6 is 0 Å². The number of anilines is 1. The van der Waals surface area contributed by atoms with E-state index in [1.165, 1.54) is 22.7 Å². The summed E-state index contributed by atoms with van der Waals surface area (Å²) in [6.45, 7) is 6.23. The second-order valence-electron chi connectivity index (χ2n) is 8.07. The first-order chi connectivity index (χ1) is 13.0. The minimum atomic E-state index is -4.62. The Morgan fingerprint density at radius 1 is 1.36 bits per heavy atom. The Balaban J connectivity index is 2.15. The maximum Gasteiger partial charge on any atom is 0.418 e. The molecule has 0 aliphatic heterocycles. The van der Waals surface area contributed by atoms with Crippen LogP contribution in [0, 0.1) is 12.3 Å². The molecule has 0 spiro atoms. The van der Waals surface area contributed by atoms with Crippen molar-refractivity contribution < 1.29 is 18.0 Å². The third kappa shape index (κ3) is 3.30. The van der Waals surface area contributed by atoms with Crippen LogP contribution in [0.25, 0.3) is 0 Å². The molecule has 1 aliphatic rings. The number of aromatic nitrogens is 1. The molecule has 1 aliphatic carbocycles. The zero-order valence-corrected chi connectivity index (χ0v) is 16.4. The second kappa shape index (κ2) is 6.73. The van der Waals surface area contributed by atoms with Gasteiger partial charge in [-0.3, -0.25) is 9.69 Å². The van der Waals surface area contributed by atoms with Crippen LogP contribution in [0.15, 0.2) is 30.6 Å². The Hall–Kier alpha value is -2.68. The molecule has 0 bridgehead atoms.